The average molecular weight is 350 g/mol. The Morgan fingerprint density at radius 2 is 2.25 bits per heavy atom. The number of ether oxygens (including phenoxy) is 1. The number of carbonyl (C=O) groups excluding carboxylic acids is 1. The van der Waals surface area contributed by atoms with Crippen molar-refractivity contribution in [3.8, 4) is 0 Å². The fourth-order valence-electron chi connectivity index (χ4n) is 4.23. The Kier molecular flexibility index (Phi) is 4.62. The summed E-state index contributed by atoms with van der Waals surface area (Å²) < 4.78 is 6.24. The first kappa shape index (κ1) is 16.5. The summed E-state index contributed by atoms with van der Waals surface area (Å²) in [7, 11) is 0. The lowest BCUT2D eigenvalue weighted by atomic mass is 9.83. The van der Waals surface area contributed by atoms with Gasteiger partial charge in [-0.1, -0.05) is 6.42 Å². The number of hydrogen-bond acceptors (Lipinski definition) is 5. The van der Waals surface area contributed by atoms with Crippen LogP contribution in [-0.4, -0.2) is 59.1 Å². The molecule has 5 nitrogen and oxygen atoms in total. The quantitative estimate of drug-likeness (QED) is 0.841. The van der Waals surface area contributed by atoms with Gasteiger partial charge in [-0.15, -0.1) is 11.3 Å². The van der Waals surface area contributed by atoms with Crippen LogP contribution in [0.15, 0.2) is 5.38 Å². The van der Waals surface area contributed by atoms with E-state index in [-0.39, 0.29) is 11.5 Å². The monoisotopic (exact) mass is 349 g/mol. The number of likely N-dealkylation sites (tertiary alicyclic amines) is 1. The summed E-state index contributed by atoms with van der Waals surface area (Å²) >= 11 is 1.71. The topological polar surface area (TPSA) is 45.7 Å². The fourth-order valence-corrected chi connectivity index (χ4v) is 4.83. The second kappa shape index (κ2) is 6.73. The van der Waals surface area contributed by atoms with Crippen LogP contribution in [0.5, 0.6) is 0 Å². The minimum Gasteiger partial charge on any atom is -0.370 e. The van der Waals surface area contributed by atoms with Gasteiger partial charge < -0.3 is 9.64 Å². The summed E-state index contributed by atoms with van der Waals surface area (Å²) in [5, 5.41) is 3.29. The molecule has 0 bridgehead atoms. The molecule has 1 spiro atoms. The Morgan fingerprint density at radius 3 is 2.96 bits per heavy atom. The summed E-state index contributed by atoms with van der Waals surface area (Å²) in [6.45, 7) is 7.18. The van der Waals surface area contributed by atoms with Gasteiger partial charge in [0.05, 0.1) is 29.5 Å². The van der Waals surface area contributed by atoms with Crippen molar-refractivity contribution in [2.45, 2.75) is 51.2 Å². The summed E-state index contributed by atoms with van der Waals surface area (Å²) in [5.74, 6) is 0.661. The number of rotatable bonds is 3. The molecule has 1 aromatic heterocycles. The molecule has 132 valence electrons. The van der Waals surface area contributed by atoms with E-state index in [1.165, 1.54) is 6.42 Å². The van der Waals surface area contributed by atoms with Gasteiger partial charge in [0.15, 0.2) is 0 Å². The lowest BCUT2D eigenvalue weighted by molar-refractivity contribution is -0.166. The zero-order chi connectivity index (χ0) is 16.6. The van der Waals surface area contributed by atoms with Gasteiger partial charge in [-0.05, 0) is 39.2 Å². The number of amides is 1. The molecule has 1 atom stereocenters. The van der Waals surface area contributed by atoms with Crippen molar-refractivity contribution in [2.24, 2.45) is 5.92 Å². The number of aryl methyl sites for hydroxylation is 1. The van der Waals surface area contributed by atoms with E-state index in [2.05, 4.69) is 27.1 Å². The van der Waals surface area contributed by atoms with Crippen LogP contribution in [0.4, 0.5) is 0 Å². The number of carbonyl (C=O) groups is 1. The molecule has 0 aromatic carbocycles. The molecule has 0 radical (unpaired) electrons. The van der Waals surface area contributed by atoms with Gasteiger partial charge in [0, 0.05) is 30.9 Å². The Labute approximate surface area is 148 Å². The van der Waals surface area contributed by atoms with Crippen LogP contribution in [0.1, 0.15) is 42.8 Å². The highest BCUT2D eigenvalue weighted by Crippen LogP contribution is 2.33. The largest absolute Gasteiger partial charge is 0.370 e. The molecule has 1 amide bonds. The molecule has 1 aromatic rings. The maximum Gasteiger partial charge on any atom is 0.225 e. The molecule has 24 heavy (non-hydrogen) atoms. The average Bonchev–Trinajstić information content (AvgIpc) is 2.91. The summed E-state index contributed by atoms with van der Waals surface area (Å²) in [6.07, 6.45) is 5.58. The van der Waals surface area contributed by atoms with Crippen LogP contribution in [-0.2, 0) is 16.1 Å². The number of piperidine rings is 1. The van der Waals surface area contributed by atoms with E-state index in [9.17, 15) is 4.79 Å². The van der Waals surface area contributed by atoms with E-state index in [1.54, 1.807) is 11.3 Å². The molecule has 3 aliphatic rings. The highest BCUT2D eigenvalue weighted by Gasteiger charge is 2.43. The standard InChI is InChI=1S/C18H27N3O2S/c1-14-19-16(11-24-14)10-20-7-3-6-18(12-20)13-21(8-9-23-18)17(22)15-4-2-5-15/h11,15H,2-10,12-13H2,1H3/t18-/m0/s1. The number of thiazole rings is 1. The minimum absolute atomic E-state index is 0.166. The Morgan fingerprint density at radius 1 is 1.38 bits per heavy atom. The molecule has 0 unspecified atom stereocenters. The normalized spacial score (nSPS) is 29.0. The van der Waals surface area contributed by atoms with Gasteiger partial charge in [-0.2, -0.15) is 0 Å². The van der Waals surface area contributed by atoms with Gasteiger partial charge in [0.1, 0.15) is 0 Å². The first-order valence-corrected chi connectivity index (χ1v) is 10.1. The van der Waals surface area contributed by atoms with E-state index < -0.39 is 0 Å². The molecule has 1 aliphatic carbocycles. The lowest BCUT2D eigenvalue weighted by Gasteiger charge is -2.49. The van der Waals surface area contributed by atoms with Gasteiger partial charge in [-0.25, -0.2) is 4.98 Å². The Bertz CT molecular complexity index is 597. The SMILES string of the molecule is Cc1nc(CN2CCC[C@]3(C2)CN(C(=O)C2CCC2)CCO3)cs1. The van der Waals surface area contributed by atoms with Crippen LogP contribution in [0.25, 0.3) is 0 Å². The molecule has 2 aliphatic heterocycles. The van der Waals surface area contributed by atoms with Crippen molar-refractivity contribution in [3.05, 3.63) is 16.1 Å². The predicted molar refractivity (Wildman–Crippen MR) is 94.0 cm³/mol. The van der Waals surface area contributed by atoms with Crippen molar-refractivity contribution in [2.75, 3.05) is 32.8 Å². The maximum atomic E-state index is 12.6. The molecule has 4 rings (SSSR count). The second-order valence-corrected chi connectivity index (χ2v) is 8.65. The molecule has 6 heteroatoms. The molecule has 3 fully saturated rings. The van der Waals surface area contributed by atoms with Gasteiger partial charge in [0.2, 0.25) is 5.91 Å². The van der Waals surface area contributed by atoms with Crippen molar-refractivity contribution in [1.29, 1.82) is 0 Å². The summed E-state index contributed by atoms with van der Waals surface area (Å²) in [6, 6.07) is 0. The zero-order valence-electron chi connectivity index (χ0n) is 14.5. The fraction of sp³-hybridized carbons (Fsp3) is 0.778. The Hall–Kier alpha value is -0.980. The van der Waals surface area contributed by atoms with Gasteiger partial charge in [0.25, 0.3) is 0 Å². The molecular weight excluding hydrogens is 322 g/mol. The van der Waals surface area contributed by atoms with E-state index in [1.807, 2.05) is 0 Å². The first-order valence-electron chi connectivity index (χ1n) is 9.20. The van der Waals surface area contributed by atoms with Crippen LogP contribution in [0.3, 0.4) is 0 Å². The second-order valence-electron chi connectivity index (χ2n) is 7.59. The highest BCUT2D eigenvalue weighted by atomic mass is 32.1. The lowest BCUT2D eigenvalue weighted by Crippen LogP contribution is -2.61. The third-order valence-corrected chi connectivity index (χ3v) is 6.51. The highest BCUT2D eigenvalue weighted by molar-refractivity contribution is 7.09. The smallest absolute Gasteiger partial charge is 0.225 e. The Balaban J connectivity index is 1.40. The predicted octanol–water partition coefficient (Wildman–Crippen LogP) is 2.45. The molecular formula is C18H27N3O2S. The number of aromatic nitrogens is 1. The van der Waals surface area contributed by atoms with E-state index in [4.69, 9.17) is 4.74 Å². The van der Waals surface area contributed by atoms with Crippen molar-refractivity contribution >= 4 is 17.2 Å². The van der Waals surface area contributed by atoms with Crippen LogP contribution in [0, 0.1) is 12.8 Å². The third-order valence-electron chi connectivity index (χ3n) is 5.69. The van der Waals surface area contributed by atoms with Crippen molar-refractivity contribution in [3.63, 3.8) is 0 Å². The number of morpholine rings is 1. The number of hydrogen-bond donors (Lipinski definition) is 0. The minimum atomic E-state index is -0.166. The summed E-state index contributed by atoms with van der Waals surface area (Å²) in [4.78, 5) is 21.8. The molecule has 0 N–H and O–H groups in total. The van der Waals surface area contributed by atoms with Crippen LogP contribution < -0.4 is 0 Å². The zero-order valence-corrected chi connectivity index (χ0v) is 15.3. The van der Waals surface area contributed by atoms with E-state index in [0.29, 0.717) is 12.5 Å². The van der Waals surface area contributed by atoms with Crippen LogP contribution in [0.2, 0.25) is 0 Å². The van der Waals surface area contributed by atoms with Crippen LogP contribution >= 0.6 is 11.3 Å². The maximum absolute atomic E-state index is 12.6. The molecule has 1 saturated carbocycles. The summed E-state index contributed by atoms with van der Waals surface area (Å²) in [5.41, 5.74) is 0.994. The van der Waals surface area contributed by atoms with E-state index in [0.717, 1.165) is 69.1 Å². The van der Waals surface area contributed by atoms with Gasteiger partial charge >= 0.3 is 0 Å². The first-order chi connectivity index (χ1) is 11.6. The molecule has 3 heterocycles. The van der Waals surface area contributed by atoms with E-state index >= 15 is 0 Å². The van der Waals surface area contributed by atoms with Crippen molar-refractivity contribution in [1.82, 2.24) is 14.8 Å². The molecule has 2 saturated heterocycles. The number of nitrogens with zero attached hydrogens (tertiary/aromatic N) is 3. The third kappa shape index (κ3) is 3.37. The van der Waals surface area contributed by atoms with Gasteiger partial charge in [-0.3, -0.25) is 9.69 Å². The van der Waals surface area contributed by atoms with Crippen molar-refractivity contribution < 1.29 is 9.53 Å².